The Bertz CT molecular complexity index is 600. The Hall–Kier alpha value is -1.56. The van der Waals surface area contributed by atoms with Crippen molar-refractivity contribution in [2.24, 2.45) is 0 Å². The van der Waals surface area contributed by atoms with E-state index in [1.54, 1.807) is 18.4 Å². The number of aliphatic hydroxyl groups is 1. The number of hydrogen-bond acceptors (Lipinski definition) is 5. The molecule has 2 aromatic rings. The van der Waals surface area contributed by atoms with Crippen LogP contribution in [-0.2, 0) is 0 Å². The van der Waals surface area contributed by atoms with Crippen molar-refractivity contribution >= 4 is 11.3 Å². The lowest BCUT2D eigenvalue weighted by molar-refractivity contribution is 0.169. The highest BCUT2D eigenvalue weighted by molar-refractivity contribution is 7.07. The van der Waals surface area contributed by atoms with Crippen molar-refractivity contribution in [1.82, 2.24) is 5.32 Å². The first kappa shape index (κ1) is 15.3. The lowest BCUT2D eigenvalue weighted by Gasteiger charge is -2.21. The Morgan fingerprint density at radius 2 is 2.36 bits per heavy atom. The summed E-state index contributed by atoms with van der Waals surface area (Å²) in [7, 11) is 1.67. The summed E-state index contributed by atoms with van der Waals surface area (Å²) in [5.41, 5.74) is 2.07. The molecule has 0 saturated heterocycles. The highest BCUT2D eigenvalue weighted by atomic mass is 32.1. The van der Waals surface area contributed by atoms with Gasteiger partial charge in [-0.15, -0.1) is 0 Å². The van der Waals surface area contributed by atoms with E-state index in [1.807, 2.05) is 35.0 Å². The number of aliphatic hydroxyl groups excluding tert-OH is 1. The number of benzene rings is 1. The van der Waals surface area contributed by atoms with Gasteiger partial charge in [-0.1, -0.05) is 0 Å². The van der Waals surface area contributed by atoms with Gasteiger partial charge in [0.1, 0.15) is 11.5 Å². The van der Waals surface area contributed by atoms with E-state index >= 15 is 0 Å². The van der Waals surface area contributed by atoms with E-state index in [4.69, 9.17) is 9.47 Å². The monoisotopic (exact) mass is 319 g/mol. The second kappa shape index (κ2) is 7.13. The van der Waals surface area contributed by atoms with Crippen molar-refractivity contribution in [2.75, 3.05) is 20.3 Å². The van der Waals surface area contributed by atoms with Gasteiger partial charge in [0.2, 0.25) is 0 Å². The van der Waals surface area contributed by atoms with E-state index in [0.29, 0.717) is 6.54 Å². The van der Waals surface area contributed by atoms with E-state index in [0.717, 1.165) is 42.1 Å². The molecule has 0 bridgehead atoms. The van der Waals surface area contributed by atoms with Crippen LogP contribution >= 0.6 is 11.3 Å². The molecule has 0 saturated carbocycles. The first-order chi connectivity index (χ1) is 10.8. The fourth-order valence-electron chi connectivity index (χ4n) is 2.73. The minimum Gasteiger partial charge on any atom is -0.497 e. The van der Waals surface area contributed by atoms with E-state index in [2.05, 4.69) is 5.32 Å². The molecule has 2 atom stereocenters. The summed E-state index contributed by atoms with van der Waals surface area (Å²) in [6.45, 7) is 1.25. The summed E-state index contributed by atoms with van der Waals surface area (Å²) in [6, 6.07) is 8.03. The van der Waals surface area contributed by atoms with Gasteiger partial charge in [0.05, 0.1) is 19.8 Å². The average Bonchev–Trinajstić information content (AvgIpc) is 3.01. The molecule has 0 radical (unpaired) electrons. The van der Waals surface area contributed by atoms with Gasteiger partial charge < -0.3 is 19.9 Å². The maximum absolute atomic E-state index is 10.2. The van der Waals surface area contributed by atoms with Crippen LogP contribution in [0.4, 0.5) is 0 Å². The van der Waals surface area contributed by atoms with Gasteiger partial charge in [-0.05, 0) is 53.4 Å². The molecular formula is C17H21NO3S. The molecule has 0 fully saturated rings. The van der Waals surface area contributed by atoms with Gasteiger partial charge in [0.15, 0.2) is 0 Å². The maximum Gasteiger partial charge on any atom is 0.124 e. The van der Waals surface area contributed by atoms with Crippen LogP contribution in [0, 0.1) is 0 Å². The quantitative estimate of drug-likeness (QED) is 0.888. The average molecular weight is 319 g/mol. The molecule has 4 nitrogen and oxygen atoms in total. The van der Waals surface area contributed by atoms with Crippen LogP contribution < -0.4 is 14.8 Å². The van der Waals surface area contributed by atoms with Gasteiger partial charge in [-0.3, -0.25) is 0 Å². The highest BCUT2D eigenvalue weighted by Gasteiger charge is 2.21. The summed E-state index contributed by atoms with van der Waals surface area (Å²) in [5.74, 6) is 1.73. The van der Waals surface area contributed by atoms with Crippen LogP contribution in [0.3, 0.4) is 0 Å². The number of rotatable bonds is 5. The lowest BCUT2D eigenvalue weighted by Crippen LogP contribution is -2.26. The smallest absolute Gasteiger partial charge is 0.124 e. The van der Waals surface area contributed by atoms with E-state index < -0.39 is 6.10 Å². The van der Waals surface area contributed by atoms with Crippen molar-refractivity contribution in [1.29, 1.82) is 0 Å². The van der Waals surface area contributed by atoms with Crippen LogP contribution in [0.5, 0.6) is 11.5 Å². The Labute approximate surface area is 134 Å². The summed E-state index contributed by atoms with van der Waals surface area (Å²) < 4.78 is 11.1. The number of methoxy groups -OCH3 is 1. The van der Waals surface area contributed by atoms with Gasteiger partial charge in [0.25, 0.3) is 0 Å². The molecule has 0 spiro atoms. The number of hydrogen-bond donors (Lipinski definition) is 2. The van der Waals surface area contributed by atoms with Crippen molar-refractivity contribution in [3.05, 3.63) is 46.2 Å². The molecule has 1 aliphatic heterocycles. The highest BCUT2D eigenvalue weighted by Crippen LogP contribution is 2.34. The first-order valence-electron chi connectivity index (χ1n) is 7.52. The van der Waals surface area contributed by atoms with Crippen LogP contribution in [0.15, 0.2) is 35.0 Å². The lowest BCUT2D eigenvalue weighted by atomic mass is 10.0. The summed E-state index contributed by atoms with van der Waals surface area (Å²) >= 11 is 1.60. The third kappa shape index (κ3) is 3.43. The largest absolute Gasteiger partial charge is 0.497 e. The van der Waals surface area contributed by atoms with Crippen LogP contribution in [0.25, 0.3) is 0 Å². The zero-order chi connectivity index (χ0) is 15.4. The molecule has 1 aromatic carbocycles. The van der Waals surface area contributed by atoms with Crippen LogP contribution in [0.1, 0.15) is 36.1 Å². The molecule has 5 heteroatoms. The minimum atomic E-state index is -0.482. The van der Waals surface area contributed by atoms with Crippen molar-refractivity contribution in [3.8, 4) is 11.5 Å². The zero-order valence-electron chi connectivity index (χ0n) is 12.6. The molecule has 3 rings (SSSR count). The molecule has 2 heterocycles. The standard InChI is InChI=1S/C17H21NO3S/c1-20-13-4-5-17-14(9-13)15(3-2-7-21-17)18-10-16(19)12-6-8-22-11-12/h4-6,8-9,11,15-16,18-19H,2-3,7,10H2,1H3/t15-,16-/m1/s1. The first-order valence-corrected chi connectivity index (χ1v) is 8.46. The maximum atomic E-state index is 10.2. The molecule has 1 aliphatic rings. The normalized spacial score (nSPS) is 18.9. The minimum absolute atomic E-state index is 0.167. The Kier molecular flexibility index (Phi) is 4.97. The van der Waals surface area contributed by atoms with Gasteiger partial charge in [0, 0.05) is 18.2 Å². The molecule has 2 N–H and O–H groups in total. The van der Waals surface area contributed by atoms with Gasteiger partial charge in [-0.25, -0.2) is 0 Å². The van der Waals surface area contributed by atoms with Crippen LogP contribution in [0.2, 0.25) is 0 Å². The van der Waals surface area contributed by atoms with E-state index in [1.165, 1.54) is 0 Å². The molecule has 22 heavy (non-hydrogen) atoms. The molecule has 1 aromatic heterocycles. The summed E-state index contributed by atoms with van der Waals surface area (Å²) in [4.78, 5) is 0. The van der Waals surface area contributed by atoms with Gasteiger partial charge in [-0.2, -0.15) is 11.3 Å². The third-order valence-electron chi connectivity index (χ3n) is 3.97. The SMILES string of the molecule is COc1ccc2c(c1)[C@H](NC[C@@H](O)c1ccsc1)CCCO2. The fraction of sp³-hybridized carbons (Fsp3) is 0.412. The summed E-state index contributed by atoms with van der Waals surface area (Å²) in [5, 5.41) is 17.7. The van der Waals surface area contributed by atoms with Gasteiger partial charge >= 0.3 is 0 Å². The molecule has 118 valence electrons. The molecule has 0 unspecified atom stereocenters. The van der Waals surface area contributed by atoms with E-state index in [9.17, 15) is 5.11 Å². The number of fused-ring (bicyclic) bond motifs is 1. The third-order valence-corrected chi connectivity index (χ3v) is 4.67. The van der Waals surface area contributed by atoms with Crippen molar-refractivity contribution in [3.63, 3.8) is 0 Å². The topological polar surface area (TPSA) is 50.7 Å². The Morgan fingerprint density at radius 3 is 3.14 bits per heavy atom. The van der Waals surface area contributed by atoms with Crippen LogP contribution in [-0.4, -0.2) is 25.4 Å². The molecular weight excluding hydrogens is 298 g/mol. The second-order valence-electron chi connectivity index (χ2n) is 5.43. The summed E-state index contributed by atoms with van der Waals surface area (Å²) in [6.07, 6.45) is 1.49. The molecule has 0 amide bonds. The Balaban J connectivity index is 1.73. The molecule has 0 aliphatic carbocycles. The zero-order valence-corrected chi connectivity index (χ0v) is 13.4. The second-order valence-corrected chi connectivity index (χ2v) is 6.21. The Morgan fingerprint density at radius 1 is 1.45 bits per heavy atom. The van der Waals surface area contributed by atoms with E-state index in [-0.39, 0.29) is 6.04 Å². The number of thiophene rings is 1. The van der Waals surface area contributed by atoms with Crippen molar-refractivity contribution in [2.45, 2.75) is 25.0 Å². The predicted octanol–water partition coefficient (Wildman–Crippen LogP) is 3.29. The number of nitrogens with one attached hydrogen (secondary N) is 1. The fourth-order valence-corrected chi connectivity index (χ4v) is 3.44. The predicted molar refractivity (Wildman–Crippen MR) is 87.7 cm³/mol. The number of ether oxygens (including phenoxy) is 2. The van der Waals surface area contributed by atoms with Crippen molar-refractivity contribution < 1.29 is 14.6 Å².